The van der Waals surface area contributed by atoms with Gasteiger partial charge in [-0.05, 0) is 19.4 Å². The molecule has 9 nitrogen and oxygen atoms in total. The van der Waals surface area contributed by atoms with E-state index in [0.29, 0.717) is 10.5 Å². The van der Waals surface area contributed by atoms with Crippen molar-refractivity contribution in [2.45, 2.75) is 38.0 Å². The van der Waals surface area contributed by atoms with Crippen molar-refractivity contribution in [1.29, 1.82) is 0 Å². The Morgan fingerprint density at radius 2 is 1.52 bits per heavy atom. The molecule has 1 aromatic rings. The molecule has 0 aliphatic heterocycles. The van der Waals surface area contributed by atoms with Crippen LogP contribution in [0.1, 0.15) is 25.5 Å². The number of hydrogen-bond donors (Lipinski definition) is 5. The molecule has 2 amide bonds. The highest BCUT2D eigenvalue weighted by atomic mass is 16.3. The number of amides is 2. The number of benzene rings is 1. The van der Waals surface area contributed by atoms with Gasteiger partial charge in [0.25, 0.3) is 0 Å². The van der Waals surface area contributed by atoms with Gasteiger partial charge in [0.05, 0.1) is 31.2 Å². The molecule has 150 valence electrons. The van der Waals surface area contributed by atoms with Crippen LogP contribution in [0.3, 0.4) is 0 Å². The van der Waals surface area contributed by atoms with E-state index in [4.69, 9.17) is 22.3 Å². The van der Waals surface area contributed by atoms with Gasteiger partial charge in [0.1, 0.15) is 6.04 Å². The summed E-state index contributed by atoms with van der Waals surface area (Å²) in [5.41, 5.74) is 17.9. The fraction of sp³-hybridized carbons (Fsp3) is 0.500. The highest BCUT2D eigenvalue weighted by Crippen LogP contribution is 2.23. The molecule has 2 unspecified atom stereocenters. The van der Waals surface area contributed by atoms with Crippen molar-refractivity contribution >= 4 is 17.6 Å². The second kappa shape index (κ2) is 10.2. The third-order valence-corrected chi connectivity index (χ3v) is 4.36. The van der Waals surface area contributed by atoms with Crippen molar-refractivity contribution in [3.63, 3.8) is 0 Å². The number of carbonyl (C=O) groups is 3. The van der Waals surface area contributed by atoms with E-state index < -0.39 is 60.9 Å². The topological polar surface area (TPSA) is 173 Å². The lowest BCUT2D eigenvalue weighted by molar-refractivity contribution is -0.154. The van der Waals surface area contributed by atoms with Crippen LogP contribution in [-0.2, 0) is 14.4 Å². The standard InChI is InChI=1S/C18H28N4O5/c1-10(19)17(26)22(18(27)14(20)9-24)11(2)16(25)13(8-23)15(21)12-6-4-3-5-7-12/h3-7,10-11,13-15,23-24H,8-9,19-21H2,1-2H3/t10-,11-,13?,14-,15?/m0/s1. The van der Waals surface area contributed by atoms with Gasteiger partial charge in [-0.1, -0.05) is 30.3 Å². The zero-order valence-corrected chi connectivity index (χ0v) is 15.5. The highest BCUT2D eigenvalue weighted by molar-refractivity contribution is 6.04. The summed E-state index contributed by atoms with van der Waals surface area (Å²) in [6.45, 7) is 1.43. The summed E-state index contributed by atoms with van der Waals surface area (Å²) in [5.74, 6) is -3.40. The lowest BCUT2D eigenvalue weighted by atomic mass is 9.87. The van der Waals surface area contributed by atoms with E-state index in [-0.39, 0.29) is 0 Å². The van der Waals surface area contributed by atoms with Gasteiger partial charge >= 0.3 is 0 Å². The number of ketones is 1. The van der Waals surface area contributed by atoms with Crippen molar-refractivity contribution in [1.82, 2.24) is 4.90 Å². The fourth-order valence-electron chi connectivity index (χ4n) is 2.69. The number of Topliss-reactive ketones (excluding diaryl/α,β-unsaturated/α-hetero) is 1. The summed E-state index contributed by atoms with van der Waals surface area (Å²) in [4.78, 5) is 38.4. The van der Waals surface area contributed by atoms with E-state index >= 15 is 0 Å². The molecule has 0 saturated carbocycles. The van der Waals surface area contributed by atoms with Crippen LogP contribution in [-0.4, -0.2) is 64.0 Å². The first-order chi connectivity index (χ1) is 12.7. The number of nitrogens with two attached hydrogens (primary N) is 3. The quantitative estimate of drug-likeness (QED) is 0.336. The summed E-state index contributed by atoms with van der Waals surface area (Å²) < 4.78 is 0. The van der Waals surface area contributed by atoms with Crippen molar-refractivity contribution in [3.05, 3.63) is 35.9 Å². The van der Waals surface area contributed by atoms with Crippen LogP contribution >= 0.6 is 0 Å². The molecule has 27 heavy (non-hydrogen) atoms. The molecule has 0 heterocycles. The van der Waals surface area contributed by atoms with Crippen molar-refractivity contribution < 1.29 is 24.6 Å². The monoisotopic (exact) mass is 380 g/mol. The van der Waals surface area contributed by atoms with Gasteiger partial charge < -0.3 is 27.4 Å². The first-order valence-corrected chi connectivity index (χ1v) is 8.61. The van der Waals surface area contributed by atoms with Crippen LogP contribution in [0.4, 0.5) is 0 Å². The Morgan fingerprint density at radius 3 is 1.96 bits per heavy atom. The molecule has 0 saturated heterocycles. The van der Waals surface area contributed by atoms with Crippen LogP contribution in [0.5, 0.6) is 0 Å². The Kier molecular flexibility index (Phi) is 8.67. The molecule has 8 N–H and O–H groups in total. The summed E-state index contributed by atoms with van der Waals surface area (Å²) in [6, 6.07) is 4.16. The van der Waals surface area contributed by atoms with E-state index in [0.717, 1.165) is 0 Å². The third-order valence-electron chi connectivity index (χ3n) is 4.36. The van der Waals surface area contributed by atoms with Crippen LogP contribution < -0.4 is 17.2 Å². The SMILES string of the molecule is C[C@H](N)C(=O)N(C(=O)[C@@H](N)CO)[C@@H](C)C(=O)C(CO)C(N)c1ccccc1. The molecule has 1 aromatic carbocycles. The molecule has 1 rings (SSSR count). The van der Waals surface area contributed by atoms with Crippen molar-refractivity contribution in [2.24, 2.45) is 23.1 Å². The number of aliphatic hydroxyl groups is 2. The average molecular weight is 380 g/mol. The van der Waals surface area contributed by atoms with Crippen LogP contribution in [0.15, 0.2) is 30.3 Å². The Bertz CT molecular complexity index is 652. The normalized spacial score (nSPS) is 16.7. The molecule has 9 heteroatoms. The van der Waals surface area contributed by atoms with Gasteiger partial charge in [0.15, 0.2) is 5.78 Å². The third kappa shape index (κ3) is 5.41. The van der Waals surface area contributed by atoms with Crippen molar-refractivity contribution in [3.8, 4) is 0 Å². The molecule has 0 fully saturated rings. The number of aliphatic hydroxyl groups excluding tert-OH is 2. The lowest BCUT2D eigenvalue weighted by Gasteiger charge is -2.32. The maximum absolute atomic E-state index is 12.9. The van der Waals surface area contributed by atoms with E-state index in [2.05, 4.69) is 0 Å². The van der Waals surface area contributed by atoms with E-state index in [1.165, 1.54) is 13.8 Å². The minimum absolute atomic E-state index is 0.570. The van der Waals surface area contributed by atoms with E-state index in [9.17, 15) is 19.5 Å². The summed E-state index contributed by atoms with van der Waals surface area (Å²) in [7, 11) is 0. The number of nitrogens with zero attached hydrogens (tertiary/aromatic N) is 1. The zero-order valence-electron chi connectivity index (χ0n) is 15.5. The predicted octanol–water partition coefficient (Wildman–Crippen LogP) is -1.73. The molecule has 0 aliphatic rings. The van der Waals surface area contributed by atoms with Gasteiger partial charge in [-0.3, -0.25) is 19.3 Å². The second-order valence-electron chi connectivity index (χ2n) is 6.43. The number of imide groups is 1. The lowest BCUT2D eigenvalue weighted by Crippen LogP contribution is -2.58. The molecular formula is C18H28N4O5. The Balaban J connectivity index is 3.17. The Labute approximate surface area is 158 Å². The maximum Gasteiger partial charge on any atom is 0.249 e. The smallest absolute Gasteiger partial charge is 0.249 e. The van der Waals surface area contributed by atoms with Crippen LogP contribution in [0.25, 0.3) is 0 Å². The molecule has 0 aliphatic carbocycles. The van der Waals surface area contributed by atoms with Gasteiger partial charge in [0, 0.05) is 6.04 Å². The molecule has 0 radical (unpaired) electrons. The zero-order chi connectivity index (χ0) is 20.7. The summed E-state index contributed by atoms with van der Waals surface area (Å²) in [5, 5.41) is 18.8. The largest absolute Gasteiger partial charge is 0.396 e. The van der Waals surface area contributed by atoms with Gasteiger partial charge in [-0.2, -0.15) is 0 Å². The Hall–Kier alpha value is -2.17. The molecule has 0 aromatic heterocycles. The molecule has 0 bridgehead atoms. The second-order valence-corrected chi connectivity index (χ2v) is 6.43. The maximum atomic E-state index is 12.9. The molecule has 5 atom stereocenters. The summed E-state index contributed by atoms with van der Waals surface area (Å²) >= 11 is 0. The van der Waals surface area contributed by atoms with Crippen LogP contribution in [0.2, 0.25) is 0 Å². The van der Waals surface area contributed by atoms with Gasteiger partial charge in [0.2, 0.25) is 11.8 Å². The first kappa shape index (κ1) is 22.9. The minimum atomic E-state index is -1.38. The van der Waals surface area contributed by atoms with E-state index in [1.807, 2.05) is 0 Å². The van der Waals surface area contributed by atoms with Crippen molar-refractivity contribution in [2.75, 3.05) is 13.2 Å². The predicted molar refractivity (Wildman–Crippen MR) is 99.0 cm³/mol. The molecular weight excluding hydrogens is 352 g/mol. The highest BCUT2D eigenvalue weighted by Gasteiger charge is 2.39. The average Bonchev–Trinajstić information content (AvgIpc) is 2.67. The minimum Gasteiger partial charge on any atom is -0.396 e. The first-order valence-electron chi connectivity index (χ1n) is 8.61. The molecule has 0 spiro atoms. The van der Waals surface area contributed by atoms with Gasteiger partial charge in [-0.25, -0.2) is 0 Å². The van der Waals surface area contributed by atoms with Gasteiger partial charge in [-0.15, -0.1) is 0 Å². The number of carbonyl (C=O) groups excluding carboxylic acids is 3. The number of rotatable bonds is 9. The Morgan fingerprint density at radius 1 is 0.963 bits per heavy atom. The number of hydrogen-bond acceptors (Lipinski definition) is 8. The summed E-state index contributed by atoms with van der Waals surface area (Å²) in [6.07, 6.45) is 0. The van der Waals surface area contributed by atoms with Crippen LogP contribution in [0, 0.1) is 5.92 Å². The van der Waals surface area contributed by atoms with E-state index in [1.54, 1.807) is 30.3 Å². The fourth-order valence-corrected chi connectivity index (χ4v) is 2.69.